The van der Waals surface area contributed by atoms with Crippen LogP contribution in [0.15, 0.2) is 52.5 Å². The van der Waals surface area contributed by atoms with Crippen molar-refractivity contribution in [1.29, 1.82) is 0 Å². The van der Waals surface area contributed by atoms with Gasteiger partial charge in [-0.25, -0.2) is 4.79 Å². The zero-order valence-electron chi connectivity index (χ0n) is 33.0. The van der Waals surface area contributed by atoms with Crippen LogP contribution in [0.2, 0.25) is 0 Å². The van der Waals surface area contributed by atoms with E-state index in [2.05, 4.69) is 15.3 Å². The lowest BCUT2D eigenvalue weighted by atomic mass is 9.90. The first-order chi connectivity index (χ1) is 28.1. The Morgan fingerprint density at radius 2 is 1.73 bits per heavy atom. The largest absolute Gasteiger partial charge is 0.497 e. The number of amides is 1. The summed E-state index contributed by atoms with van der Waals surface area (Å²) in [4.78, 5) is 54.9. The average Bonchev–Trinajstić information content (AvgIpc) is 3.64. The summed E-state index contributed by atoms with van der Waals surface area (Å²) in [7, 11) is -0.693. The number of benzene rings is 3. The maximum Gasteiger partial charge on any atom is 0.340 e. The molecule has 1 fully saturated rings. The quantitative estimate of drug-likeness (QED) is 0.0286. The van der Waals surface area contributed by atoms with Crippen molar-refractivity contribution < 1.29 is 64.9 Å². The highest BCUT2D eigenvalue weighted by Crippen LogP contribution is 2.44. The molecule has 0 aliphatic carbocycles. The van der Waals surface area contributed by atoms with Crippen molar-refractivity contribution in [1.82, 2.24) is 4.90 Å². The number of anilines is 1. The zero-order chi connectivity index (χ0) is 43.0. The number of alkyl halides is 1. The Balaban J connectivity index is 1.60. The van der Waals surface area contributed by atoms with Crippen LogP contribution in [0.4, 0.5) is 5.69 Å². The maximum absolute atomic E-state index is 14.5. The first kappa shape index (κ1) is 44.6. The molecule has 5 rings (SSSR count). The maximum atomic E-state index is 14.5. The second-order valence-electron chi connectivity index (χ2n) is 13.5. The number of ether oxygens (including phenoxy) is 7. The Hall–Kier alpha value is -5.53. The molecule has 0 spiro atoms. The second-order valence-corrected chi connectivity index (χ2v) is 15.4. The topological polar surface area (TPSA) is 240 Å². The van der Waals surface area contributed by atoms with E-state index in [0.717, 1.165) is 32.6 Å². The molecule has 3 aromatic carbocycles. The summed E-state index contributed by atoms with van der Waals surface area (Å²) < 4.78 is 73.9. The van der Waals surface area contributed by atoms with Gasteiger partial charge in [0.05, 0.1) is 27.4 Å². The van der Waals surface area contributed by atoms with E-state index in [1.807, 2.05) is 0 Å². The van der Waals surface area contributed by atoms with Gasteiger partial charge < -0.3 is 47.6 Å². The molecule has 1 N–H and O–H groups in total. The van der Waals surface area contributed by atoms with Crippen LogP contribution in [-0.4, -0.2) is 122 Å². The predicted octanol–water partition coefficient (Wildman–Crippen LogP) is 4.54. The molecule has 0 aromatic heterocycles. The summed E-state index contributed by atoms with van der Waals surface area (Å²) in [6.07, 6.45) is -5.91. The highest BCUT2D eigenvalue weighted by atomic mass is 35.5. The Kier molecular flexibility index (Phi) is 14.7. The number of carbonyl (C=O) groups excluding carboxylic acids is 4. The van der Waals surface area contributed by atoms with Crippen molar-refractivity contribution in [2.24, 2.45) is 11.0 Å². The normalized spacial score (nSPS) is 20.9. The molecular formula is C38H44ClN5O14S. The number of esters is 3. The molecule has 21 heteroatoms. The van der Waals surface area contributed by atoms with E-state index in [1.165, 1.54) is 44.2 Å². The average molecular weight is 862 g/mol. The number of halogens is 1. The number of nitrogens with zero attached hydrogens (tertiary/aromatic N) is 4. The SMILES string of the molecule is COC(=O)[C@H]1O[C@@H](Oc2ccc(C(=O)N(C)CCOCCN=[N+]=[N-])cc2OS(=O)(=O)c2cc3c(c4cc(OC)ccc24)[C@H](CCl)CN3)[C@H](OC(C)=O)[C@@H](OC(C)=O)[C@@H]1C. The molecule has 59 heavy (non-hydrogen) atoms. The Morgan fingerprint density at radius 3 is 2.39 bits per heavy atom. The van der Waals surface area contributed by atoms with Crippen molar-refractivity contribution in [2.45, 2.75) is 56.2 Å². The molecule has 6 atom stereocenters. The third-order valence-corrected chi connectivity index (χ3v) is 11.3. The van der Waals surface area contributed by atoms with Crippen molar-refractivity contribution in [2.75, 3.05) is 65.3 Å². The van der Waals surface area contributed by atoms with Crippen LogP contribution >= 0.6 is 11.6 Å². The van der Waals surface area contributed by atoms with Crippen LogP contribution < -0.4 is 19.0 Å². The molecule has 1 saturated heterocycles. The van der Waals surface area contributed by atoms with Gasteiger partial charge in [-0.2, -0.15) is 8.42 Å². The molecule has 318 valence electrons. The van der Waals surface area contributed by atoms with Gasteiger partial charge in [-0.05, 0) is 58.9 Å². The summed E-state index contributed by atoms with van der Waals surface area (Å²) in [6, 6.07) is 10.0. The number of rotatable bonds is 17. The van der Waals surface area contributed by atoms with Gasteiger partial charge in [0.25, 0.3) is 5.91 Å². The van der Waals surface area contributed by atoms with Crippen molar-refractivity contribution in [3.63, 3.8) is 0 Å². The Morgan fingerprint density at radius 1 is 1.00 bits per heavy atom. The van der Waals surface area contributed by atoms with Crippen molar-refractivity contribution in [3.05, 3.63) is 64.0 Å². The van der Waals surface area contributed by atoms with E-state index in [0.29, 0.717) is 28.8 Å². The van der Waals surface area contributed by atoms with Gasteiger partial charge in [0.15, 0.2) is 23.7 Å². The minimum absolute atomic E-state index is 0.0331. The van der Waals surface area contributed by atoms with Crippen LogP contribution in [0.3, 0.4) is 0 Å². The highest BCUT2D eigenvalue weighted by molar-refractivity contribution is 7.87. The molecule has 2 aliphatic heterocycles. The Labute approximate surface area is 344 Å². The lowest BCUT2D eigenvalue weighted by Gasteiger charge is -2.42. The van der Waals surface area contributed by atoms with Crippen molar-refractivity contribution in [3.8, 4) is 17.2 Å². The van der Waals surface area contributed by atoms with Crippen LogP contribution in [-0.2, 0) is 48.2 Å². The standard InChI is InChI=1S/C38H44ClN5O14S/c1-20-33(54-21(2)45)35(55-22(3)46)38(57-34(20)37(48)52-6)56-29-10-7-23(36(47)44(4)12-14-53-13-11-42-43-40)15-30(29)58-59(49,50)31-17-28-32(24(18-39)19-41-28)27-16-25(51-5)8-9-26(27)31/h7-10,15-17,20,24,33-35,38,41H,11-14,18-19H2,1-6H3/t20-,24+,33-,34-,35+,38+/m0/s1. The van der Waals surface area contributed by atoms with Gasteiger partial charge in [-0.15, -0.1) is 11.6 Å². The fraction of sp³-hybridized carbons (Fsp3) is 0.474. The van der Waals surface area contributed by atoms with E-state index in [1.54, 1.807) is 18.2 Å². The van der Waals surface area contributed by atoms with Gasteiger partial charge in [0, 0.05) is 79.8 Å². The first-order valence-electron chi connectivity index (χ1n) is 18.2. The molecule has 19 nitrogen and oxygen atoms in total. The summed E-state index contributed by atoms with van der Waals surface area (Å²) in [6.45, 7) is 4.63. The minimum Gasteiger partial charge on any atom is -0.497 e. The molecule has 0 saturated carbocycles. The third kappa shape index (κ3) is 10.2. The number of hydrogen-bond acceptors (Lipinski definition) is 16. The molecule has 0 unspecified atom stereocenters. The van der Waals surface area contributed by atoms with Crippen LogP contribution in [0, 0.1) is 5.92 Å². The zero-order valence-corrected chi connectivity index (χ0v) is 34.6. The number of carbonyl (C=O) groups is 4. The lowest BCUT2D eigenvalue weighted by molar-refractivity contribution is -0.266. The number of methoxy groups -OCH3 is 2. The molecule has 0 radical (unpaired) electrons. The fourth-order valence-corrected chi connectivity index (χ4v) is 8.21. The monoisotopic (exact) mass is 861 g/mol. The third-order valence-electron chi connectivity index (χ3n) is 9.61. The summed E-state index contributed by atoms with van der Waals surface area (Å²) in [5.74, 6) is -4.14. The summed E-state index contributed by atoms with van der Waals surface area (Å²) >= 11 is 6.30. The summed E-state index contributed by atoms with van der Waals surface area (Å²) in [5, 5.41) is 7.46. The minimum atomic E-state index is -4.80. The van der Waals surface area contributed by atoms with Gasteiger partial charge in [-0.1, -0.05) is 12.0 Å². The van der Waals surface area contributed by atoms with E-state index < -0.39 is 70.2 Å². The first-order valence-corrected chi connectivity index (χ1v) is 20.2. The van der Waals surface area contributed by atoms with E-state index in [9.17, 15) is 27.6 Å². The molecule has 3 aromatic rings. The second kappa shape index (κ2) is 19.5. The molecule has 0 bridgehead atoms. The Bertz CT molecular complexity index is 2240. The van der Waals surface area contributed by atoms with Gasteiger partial charge in [0.2, 0.25) is 12.4 Å². The van der Waals surface area contributed by atoms with Crippen LogP contribution in [0.5, 0.6) is 17.2 Å². The number of fused-ring (bicyclic) bond motifs is 3. The van der Waals surface area contributed by atoms with E-state index in [-0.39, 0.29) is 54.3 Å². The fourth-order valence-electron chi connectivity index (χ4n) is 6.78. The van der Waals surface area contributed by atoms with Gasteiger partial charge in [0.1, 0.15) is 10.6 Å². The van der Waals surface area contributed by atoms with Crippen molar-refractivity contribution >= 4 is 62.0 Å². The number of hydrogen-bond donors (Lipinski definition) is 1. The molecule has 2 heterocycles. The number of nitrogens with one attached hydrogen (secondary N) is 1. The van der Waals surface area contributed by atoms with Gasteiger partial charge >= 0.3 is 28.0 Å². The summed E-state index contributed by atoms with van der Waals surface area (Å²) in [5.41, 5.74) is 9.75. The smallest absolute Gasteiger partial charge is 0.340 e. The molecule has 2 aliphatic rings. The molecule has 1 amide bonds. The highest BCUT2D eigenvalue weighted by Gasteiger charge is 2.52. The lowest BCUT2D eigenvalue weighted by Crippen LogP contribution is -2.60. The predicted molar refractivity (Wildman–Crippen MR) is 210 cm³/mol. The molecular weight excluding hydrogens is 818 g/mol. The van der Waals surface area contributed by atoms with Crippen LogP contribution in [0.25, 0.3) is 21.2 Å². The van der Waals surface area contributed by atoms with E-state index >= 15 is 0 Å². The number of azide groups is 1. The van der Waals surface area contributed by atoms with Gasteiger partial charge in [-0.3, -0.25) is 14.4 Å². The number of likely N-dealkylation sites (N-methyl/N-ethyl adjacent to an activating group) is 1. The van der Waals surface area contributed by atoms with E-state index in [4.69, 9.17) is 54.5 Å². The van der Waals surface area contributed by atoms with Crippen LogP contribution in [0.1, 0.15) is 42.6 Å².